The first-order valence-corrected chi connectivity index (χ1v) is 13.8. The second kappa shape index (κ2) is 14.0. The van der Waals surface area contributed by atoms with Crippen molar-refractivity contribution in [3.63, 3.8) is 0 Å². The van der Waals surface area contributed by atoms with Gasteiger partial charge in [0.2, 0.25) is 0 Å². The molecule has 2 unspecified atom stereocenters. The number of thioether (sulfide) groups is 1. The summed E-state index contributed by atoms with van der Waals surface area (Å²) in [6.07, 6.45) is 21.9. The van der Waals surface area contributed by atoms with Crippen molar-refractivity contribution in [2.45, 2.75) is 27.7 Å². The molecule has 0 saturated carbocycles. The van der Waals surface area contributed by atoms with Crippen molar-refractivity contribution in [1.82, 2.24) is 0 Å². The van der Waals surface area contributed by atoms with Crippen LogP contribution in [0.3, 0.4) is 0 Å². The average Bonchev–Trinajstić information content (AvgIpc) is 3.43. The van der Waals surface area contributed by atoms with Crippen LogP contribution in [-0.2, 0) is 24.2 Å². The summed E-state index contributed by atoms with van der Waals surface area (Å²) in [6, 6.07) is 10.9. The zero-order chi connectivity index (χ0) is 21.7. The topological polar surface area (TPSA) is 0 Å². The summed E-state index contributed by atoms with van der Waals surface area (Å²) in [7, 11) is -0.230. The van der Waals surface area contributed by atoms with Crippen LogP contribution in [-0.4, -0.2) is 9.46 Å². The zero-order valence-electron chi connectivity index (χ0n) is 19.0. The first-order chi connectivity index (χ1) is 14.4. The maximum atomic E-state index is 3.51. The number of fused-ring (bicyclic) bond motifs is 2. The van der Waals surface area contributed by atoms with Crippen molar-refractivity contribution >= 4 is 28.2 Å². The summed E-state index contributed by atoms with van der Waals surface area (Å²) in [5.41, 5.74) is 3.88. The Labute approximate surface area is 226 Å². The molecule has 0 saturated heterocycles. The van der Waals surface area contributed by atoms with Gasteiger partial charge in [-0.25, -0.2) is 11.6 Å². The molecule has 0 bridgehead atoms. The second-order valence-electron chi connectivity index (χ2n) is 7.56. The van der Waals surface area contributed by atoms with Crippen molar-refractivity contribution < 1.29 is 49.0 Å². The van der Waals surface area contributed by atoms with E-state index in [1.54, 1.807) is 41.3 Å². The molecule has 5 heteroatoms. The number of halogens is 2. The van der Waals surface area contributed by atoms with Crippen LogP contribution >= 0.6 is 19.7 Å². The maximum absolute atomic E-state index is 3.51. The first-order valence-electron chi connectivity index (χ1n) is 10.0. The largest absolute Gasteiger partial charge is 1.00 e. The van der Waals surface area contributed by atoms with E-state index in [0.29, 0.717) is 5.92 Å². The summed E-state index contributed by atoms with van der Waals surface area (Å²) in [6.45, 7) is 8.65. The fourth-order valence-corrected chi connectivity index (χ4v) is 6.81. The van der Waals surface area contributed by atoms with Crippen LogP contribution in [0.15, 0.2) is 99.0 Å². The van der Waals surface area contributed by atoms with Gasteiger partial charge in [-0.1, -0.05) is 60.2 Å². The van der Waals surface area contributed by atoms with Crippen molar-refractivity contribution in [2.75, 3.05) is 6.26 Å². The van der Waals surface area contributed by atoms with Gasteiger partial charge in [-0.3, -0.25) is 6.08 Å². The predicted octanol–water partition coefficient (Wildman–Crippen LogP) is 1.20. The molecule has 1 aromatic carbocycles. The van der Waals surface area contributed by atoms with Crippen LogP contribution in [0.4, 0.5) is 0 Å². The molecule has 0 N–H and O–H groups in total. The minimum atomic E-state index is -0.230. The summed E-state index contributed by atoms with van der Waals surface area (Å²) in [5, 5.41) is 4.56. The van der Waals surface area contributed by atoms with E-state index in [0.717, 1.165) is 0 Å². The Hall–Kier alpha value is -0.487. The van der Waals surface area contributed by atoms with Crippen LogP contribution in [0.25, 0.3) is 0 Å². The van der Waals surface area contributed by atoms with Crippen LogP contribution in [0.5, 0.6) is 0 Å². The summed E-state index contributed by atoms with van der Waals surface area (Å²) in [5.74, 6) is 0.464. The molecule has 0 spiro atoms. The van der Waals surface area contributed by atoms with Gasteiger partial charge in [0.05, 0.1) is 0 Å². The quantitative estimate of drug-likeness (QED) is 0.377. The van der Waals surface area contributed by atoms with Crippen LogP contribution in [0.1, 0.15) is 27.7 Å². The Bertz CT molecular complexity index is 1040. The molecular formula is C27H27Cl2PSZr-2. The van der Waals surface area contributed by atoms with Crippen LogP contribution < -0.4 is 30.1 Å². The van der Waals surface area contributed by atoms with Gasteiger partial charge in [0, 0.05) is 0 Å². The molecule has 5 rings (SSSR count). The molecule has 1 aliphatic heterocycles. The number of benzene rings is 1. The summed E-state index contributed by atoms with van der Waals surface area (Å²) < 4.78 is 1.51. The maximum Gasteiger partial charge on any atom is -1.00 e. The Morgan fingerprint density at radius 3 is 2.34 bits per heavy atom. The first kappa shape index (κ1) is 29.5. The SMILES string of the molecule is CC1=[C-]C2C=C(C)P(c3ccccc3)C2=C1.CSC1=CC=C2C=C[C-]=C21.C[C](C)=[Zr+2].[Cl-].[Cl-]. The summed E-state index contributed by atoms with van der Waals surface area (Å²) in [4.78, 5) is 1.33. The Kier molecular flexibility index (Phi) is 13.0. The van der Waals surface area contributed by atoms with Crippen molar-refractivity contribution in [1.29, 1.82) is 0 Å². The van der Waals surface area contributed by atoms with E-state index in [-0.39, 0.29) is 32.7 Å². The van der Waals surface area contributed by atoms with Crippen molar-refractivity contribution in [2.24, 2.45) is 5.92 Å². The normalized spacial score (nSPS) is 20.8. The third-order valence-corrected chi connectivity index (χ3v) is 8.13. The van der Waals surface area contributed by atoms with Gasteiger partial charge in [0.15, 0.2) is 0 Å². The predicted molar refractivity (Wildman–Crippen MR) is 133 cm³/mol. The van der Waals surface area contributed by atoms with Gasteiger partial charge in [-0.15, -0.1) is 28.6 Å². The molecule has 0 amide bonds. The zero-order valence-corrected chi connectivity index (χ0v) is 24.7. The van der Waals surface area contributed by atoms with E-state index >= 15 is 0 Å². The van der Waals surface area contributed by atoms with Crippen molar-refractivity contribution in [3.8, 4) is 0 Å². The van der Waals surface area contributed by atoms with E-state index in [1.165, 1.54) is 35.4 Å². The van der Waals surface area contributed by atoms with Gasteiger partial charge in [-0.2, -0.15) is 23.9 Å². The van der Waals surface area contributed by atoms with Crippen LogP contribution in [0, 0.1) is 18.1 Å². The molecule has 2 atom stereocenters. The molecule has 166 valence electrons. The number of hydrogen-bond donors (Lipinski definition) is 0. The van der Waals surface area contributed by atoms with Gasteiger partial charge < -0.3 is 24.8 Å². The third-order valence-electron chi connectivity index (χ3n) is 4.76. The van der Waals surface area contributed by atoms with Gasteiger partial charge in [-0.05, 0) is 31.7 Å². The molecule has 3 aliphatic carbocycles. The standard InChI is InChI=1S/C15H14P.C9H7S.C3H6.2ClH.Zr/c1-11-8-13-10-12(2)16(15(13)9-11)14-6-4-3-5-7-14;1-10-9-6-5-7-3-2-4-8(7)9;1-3-2;;;/h3-7,9-10,13H,1-2H3;2-3,5-6H,1H3;1-2H3;2*1H;/q2*-1;;;;+2/p-2. The van der Waals surface area contributed by atoms with Crippen LogP contribution in [0.2, 0.25) is 0 Å². The van der Waals surface area contributed by atoms with E-state index in [9.17, 15) is 0 Å². The molecule has 0 radical (unpaired) electrons. The van der Waals surface area contributed by atoms with E-state index < -0.39 is 0 Å². The fraction of sp³-hybridized carbons (Fsp3) is 0.222. The van der Waals surface area contributed by atoms with Crippen molar-refractivity contribution in [3.05, 3.63) is 111 Å². The number of hydrogen-bond acceptors (Lipinski definition) is 1. The molecule has 1 heterocycles. The summed E-state index contributed by atoms with van der Waals surface area (Å²) >= 11 is 3.33. The Morgan fingerprint density at radius 1 is 1.06 bits per heavy atom. The molecule has 0 nitrogen and oxygen atoms in total. The Balaban J connectivity index is 0.000000277. The van der Waals surface area contributed by atoms with Gasteiger partial charge in [0.25, 0.3) is 0 Å². The minimum absolute atomic E-state index is 0. The van der Waals surface area contributed by atoms with E-state index in [4.69, 9.17) is 0 Å². The second-order valence-corrected chi connectivity index (χ2v) is 13.3. The Morgan fingerprint density at radius 2 is 1.72 bits per heavy atom. The molecule has 4 aliphatic rings. The monoisotopic (exact) mass is 574 g/mol. The third kappa shape index (κ3) is 7.51. The molecular weight excluding hydrogens is 549 g/mol. The van der Waals surface area contributed by atoms with E-state index in [2.05, 4.69) is 107 Å². The molecule has 0 aromatic heterocycles. The molecule has 0 fully saturated rings. The molecule has 1 aromatic rings. The smallest absolute Gasteiger partial charge is 1.00 e. The van der Waals surface area contributed by atoms with E-state index in [1.807, 2.05) is 6.08 Å². The number of rotatable bonds is 2. The fourth-order valence-electron chi connectivity index (χ4n) is 3.60. The number of allylic oxidation sites excluding steroid dienone is 13. The average molecular weight is 577 g/mol. The molecule has 32 heavy (non-hydrogen) atoms. The van der Waals surface area contributed by atoms with Gasteiger partial charge >= 0.3 is 41.3 Å². The van der Waals surface area contributed by atoms with Gasteiger partial charge in [0.1, 0.15) is 0 Å². The minimum Gasteiger partial charge on any atom is -1.00 e.